The van der Waals surface area contributed by atoms with Gasteiger partial charge in [0, 0.05) is 4.47 Å². The molecule has 0 fully saturated rings. The van der Waals surface area contributed by atoms with E-state index in [1.165, 1.54) is 43.8 Å². The van der Waals surface area contributed by atoms with Gasteiger partial charge in [0.2, 0.25) is 0 Å². The topological polar surface area (TPSA) is 0 Å². The fourth-order valence-electron chi connectivity index (χ4n) is 3.64. The molecule has 0 saturated carbocycles. The van der Waals surface area contributed by atoms with E-state index in [0.717, 1.165) is 4.47 Å². The molecule has 0 aliphatic carbocycles. The molecule has 0 amide bonds. The van der Waals surface area contributed by atoms with Crippen LogP contribution in [0.5, 0.6) is 0 Å². The Morgan fingerprint density at radius 2 is 0.889 bits per heavy atom. The Kier molecular flexibility index (Phi) is 4.03. The van der Waals surface area contributed by atoms with Crippen LogP contribution in [0.25, 0.3) is 43.8 Å². The molecule has 0 saturated heterocycles. The first-order chi connectivity index (χ1) is 13.3. The smallest absolute Gasteiger partial charge is 0.0181 e. The van der Waals surface area contributed by atoms with E-state index in [4.69, 9.17) is 0 Å². The summed E-state index contributed by atoms with van der Waals surface area (Å²) in [5.41, 5.74) is 4.98. The maximum absolute atomic E-state index is 3.55. The molecule has 0 nitrogen and oxygen atoms in total. The molecule has 0 bridgehead atoms. The molecular formula is C26H17Br. The van der Waals surface area contributed by atoms with Crippen LogP contribution in [0, 0.1) is 0 Å². The summed E-state index contributed by atoms with van der Waals surface area (Å²) in [6.45, 7) is 0. The summed E-state index contributed by atoms with van der Waals surface area (Å²) < 4.78 is 1.11. The molecule has 0 radical (unpaired) electrons. The van der Waals surface area contributed by atoms with E-state index < -0.39 is 0 Å². The van der Waals surface area contributed by atoms with Crippen LogP contribution in [0.15, 0.2) is 108 Å². The molecule has 27 heavy (non-hydrogen) atoms. The molecule has 0 heterocycles. The summed E-state index contributed by atoms with van der Waals surface area (Å²) in [6.07, 6.45) is 0. The second kappa shape index (κ2) is 6.68. The normalized spacial score (nSPS) is 11.1. The number of halogens is 1. The Hall–Kier alpha value is -2.90. The number of hydrogen-bond donors (Lipinski definition) is 0. The highest BCUT2D eigenvalue weighted by Crippen LogP contribution is 2.31. The summed E-state index contributed by atoms with van der Waals surface area (Å²) in [6, 6.07) is 37.1. The van der Waals surface area contributed by atoms with Crippen molar-refractivity contribution in [3.05, 3.63) is 108 Å². The Morgan fingerprint density at radius 3 is 1.63 bits per heavy atom. The van der Waals surface area contributed by atoms with Gasteiger partial charge in [-0.3, -0.25) is 0 Å². The van der Waals surface area contributed by atoms with Gasteiger partial charge in [0.25, 0.3) is 0 Å². The van der Waals surface area contributed by atoms with Gasteiger partial charge in [-0.1, -0.05) is 88.7 Å². The molecule has 5 aromatic carbocycles. The van der Waals surface area contributed by atoms with Gasteiger partial charge in [-0.25, -0.2) is 0 Å². The average Bonchev–Trinajstić information content (AvgIpc) is 2.73. The molecular weight excluding hydrogens is 392 g/mol. The van der Waals surface area contributed by atoms with Gasteiger partial charge in [-0.15, -0.1) is 0 Å². The van der Waals surface area contributed by atoms with Crippen LogP contribution < -0.4 is 0 Å². The number of rotatable bonds is 2. The third-order valence-electron chi connectivity index (χ3n) is 5.08. The first-order valence-electron chi connectivity index (χ1n) is 9.05. The Bertz CT molecular complexity index is 1280. The molecule has 5 aromatic rings. The monoisotopic (exact) mass is 408 g/mol. The van der Waals surface area contributed by atoms with Crippen LogP contribution in [0.2, 0.25) is 0 Å². The third-order valence-corrected chi connectivity index (χ3v) is 5.57. The van der Waals surface area contributed by atoms with Crippen molar-refractivity contribution >= 4 is 37.5 Å². The highest BCUT2D eigenvalue weighted by Gasteiger charge is 2.04. The van der Waals surface area contributed by atoms with Crippen molar-refractivity contribution in [2.75, 3.05) is 0 Å². The standard InChI is InChI=1S/C26H17Br/c27-26-13-12-24-16-23(10-11-25(24)17-26)21-7-3-6-20(15-21)22-9-8-18-4-1-2-5-19(18)14-22/h1-17H. The quantitative estimate of drug-likeness (QED) is 0.276. The minimum Gasteiger partial charge on any atom is -0.0616 e. The van der Waals surface area contributed by atoms with Gasteiger partial charge < -0.3 is 0 Å². The second-order valence-electron chi connectivity index (χ2n) is 6.85. The maximum atomic E-state index is 3.55. The van der Waals surface area contributed by atoms with E-state index in [1.807, 2.05) is 0 Å². The van der Waals surface area contributed by atoms with Crippen LogP contribution in [0.3, 0.4) is 0 Å². The van der Waals surface area contributed by atoms with Crippen molar-refractivity contribution < 1.29 is 0 Å². The van der Waals surface area contributed by atoms with Gasteiger partial charge >= 0.3 is 0 Å². The van der Waals surface area contributed by atoms with Crippen molar-refractivity contribution in [3.8, 4) is 22.3 Å². The zero-order valence-corrected chi connectivity index (χ0v) is 16.3. The first-order valence-corrected chi connectivity index (χ1v) is 9.84. The minimum atomic E-state index is 1.11. The van der Waals surface area contributed by atoms with E-state index in [1.54, 1.807) is 0 Å². The molecule has 0 aliphatic heterocycles. The fraction of sp³-hybridized carbons (Fsp3) is 0. The molecule has 0 aromatic heterocycles. The molecule has 0 aliphatic rings. The zero-order valence-electron chi connectivity index (χ0n) is 14.7. The van der Waals surface area contributed by atoms with Gasteiger partial charge in [-0.05, 0) is 74.1 Å². The van der Waals surface area contributed by atoms with Crippen LogP contribution in [-0.2, 0) is 0 Å². The lowest BCUT2D eigenvalue weighted by Gasteiger charge is -2.09. The summed E-state index contributed by atoms with van der Waals surface area (Å²) in [7, 11) is 0. The van der Waals surface area contributed by atoms with E-state index in [2.05, 4.69) is 119 Å². The van der Waals surface area contributed by atoms with Crippen LogP contribution in [0.4, 0.5) is 0 Å². The number of benzene rings is 5. The molecule has 0 unspecified atom stereocenters. The van der Waals surface area contributed by atoms with E-state index in [0.29, 0.717) is 0 Å². The molecule has 0 spiro atoms. The van der Waals surface area contributed by atoms with E-state index in [9.17, 15) is 0 Å². The van der Waals surface area contributed by atoms with E-state index in [-0.39, 0.29) is 0 Å². The summed E-state index contributed by atoms with van der Waals surface area (Å²) in [5, 5.41) is 5.06. The lowest BCUT2D eigenvalue weighted by atomic mass is 9.96. The van der Waals surface area contributed by atoms with Gasteiger partial charge in [-0.2, -0.15) is 0 Å². The first kappa shape index (κ1) is 16.3. The Balaban J connectivity index is 1.59. The molecule has 1 heteroatoms. The highest BCUT2D eigenvalue weighted by atomic mass is 79.9. The summed E-state index contributed by atoms with van der Waals surface area (Å²) in [5.74, 6) is 0. The Labute approximate surface area is 167 Å². The van der Waals surface area contributed by atoms with Crippen molar-refractivity contribution in [2.45, 2.75) is 0 Å². The van der Waals surface area contributed by atoms with Crippen LogP contribution in [-0.4, -0.2) is 0 Å². The summed E-state index contributed by atoms with van der Waals surface area (Å²) in [4.78, 5) is 0. The fourth-order valence-corrected chi connectivity index (χ4v) is 4.02. The largest absolute Gasteiger partial charge is 0.0616 e. The maximum Gasteiger partial charge on any atom is 0.0181 e. The predicted molar refractivity (Wildman–Crippen MR) is 120 cm³/mol. The SMILES string of the molecule is Brc1ccc2cc(-c3cccc(-c4ccc5ccccc5c4)c3)ccc2c1. The van der Waals surface area contributed by atoms with Crippen molar-refractivity contribution in [3.63, 3.8) is 0 Å². The van der Waals surface area contributed by atoms with Crippen LogP contribution in [0.1, 0.15) is 0 Å². The number of hydrogen-bond acceptors (Lipinski definition) is 0. The van der Waals surface area contributed by atoms with Gasteiger partial charge in [0.15, 0.2) is 0 Å². The van der Waals surface area contributed by atoms with Gasteiger partial charge in [0.05, 0.1) is 0 Å². The molecule has 0 N–H and O–H groups in total. The zero-order chi connectivity index (χ0) is 18.2. The minimum absolute atomic E-state index is 1.11. The third kappa shape index (κ3) is 3.15. The lowest BCUT2D eigenvalue weighted by Crippen LogP contribution is -1.83. The van der Waals surface area contributed by atoms with Gasteiger partial charge in [0.1, 0.15) is 0 Å². The molecule has 5 rings (SSSR count). The second-order valence-corrected chi connectivity index (χ2v) is 7.76. The predicted octanol–water partition coefficient (Wildman–Crippen LogP) is 8.09. The Morgan fingerprint density at radius 1 is 0.370 bits per heavy atom. The van der Waals surface area contributed by atoms with Crippen molar-refractivity contribution in [2.24, 2.45) is 0 Å². The van der Waals surface area contributed by atoms with E-state index >= 15 is 0 Å². The van der Waals surface area contributed by atoms with Crippen LogP contribution >= 0.6 is 15.9 Å². The molecule has 0 atom stereocenters. The summed E-state index contributed by atoms with van der Waals surface area (Å²) >= 11 is 3.55. The number of fused-ring (bicyclic) bond motifs is 2. The average molecular weight is 409 g/mol. The molecule has 128 valence electrons. The van der Waals surface area contributed by atoms with Crippen molar-refractivity contribution in [1.82, 2.24) is 0 Å². The highest BCUT2D eigenvalue weighted by molar-refractivity contribution is 9.10. The van der Waals surface area contributed by atoms with Crippen molar-refractivity contribution in [1.29, 1.82) is 0 Å². The lowest BCUT2D eigenvalue weighted by molar-refractivity contribution is 1.61.